The smallest absolute Gasteiger partial charge is 0.176 e. The number of hydrogen-bond acceptors (Lipinski definition) is 4. The SMILES string of the molecule is CCCS(=O)(=Nc1nc(C)c(/N=C\N(C)CC)cc1Br)c1ccc(Cl)cc1. The fourth-order valence-corrected chi connectivity index (χ4v) is 4.88. The molecule has 0 amide bonds. The Labute approximate surface area is 175 Å². The van der Waals surface area contributed by atoms with E-state index in [1.165, 1.54) is 0 Å². The van der Waals surface area contributed by atoms with Crippen LogP contribution in [0.25, 0.3) is 0 Å². The molecule has 1 heterocycles. The first-order valence-electron chi connectivity index (χ1n) is 8.71. The summed E-state index contributed by atoms with van der Waals surface area (Å²) in [5, 5.41) is 0.603. The number of rotatable bonds is 7. The molecule has 0 fully saturated rings. The molecule has 1 aromatic heterocycles. The first kappa shape index (κ1) is 21.9. The van der Waals surface area contributed by atoms with Crippen molar-refractivity contribution in [3.63, 3.8) is 0 Å². The van der Waals surface area contributed by atoms with Crippen molar-refractivity contribution in [3.8, 4) is 0 Å². The minimum atomic E-state index is -2.64. The van der Waals surface area contributed by atoms with E-state index in [1.807, 2.05) is 31.9 Å². The van der Waals surface area contributed by atoms with Gasteiger partial charge in [0.25, 0.3) is 0 Å². The molecule has 0 bridgehead atoms. The zero-order valence-corrected chi connectivity index (χ0v) is 19.1. The van der Waals surface area contributed by atoms with Gasteiger partial charge in [-0.2, -0.15) is 4.36 Å². The lowest BCUT2D eigenvalue weighted by Gasteiger charge is -2.12. The minimum absolute atomic E-state index is 0.420. The summed E-state index contributed by atoms with van der Waals surface area (Å²) < 4.78 is 18.8. The summed E-state index contributed by atoms with van der Waals surface area (Å²) in [6.45, 7) is 6.77. The number of halogens is 2. The molecule has 0 saturated heterocycles. The van der Waals surface area contributed by atoms with Gasteiger partial charge in [0.1, 0.15) is 0 Å². The fraction of sp³-hybridized carbons (Fsp3) is 0.368. The molecule has 0 N–H and O–H groups in total. The van der Waals surface area contributed by atoms with Crippen LogP contribution in [0.15, 0.2) is 49.1 Å². The van der Waals surface area contributed by atoms with Gasteiger partial charge >= 0.3 is 0 Å². The quantitative estimate of drug-likeness (QED) is 0.368. The van der Waals surface area contributed by atoms with Gasteiger partial charge in [-0.25, -0.2) is 14.2 Å². The van der Waals surface area contributed by atoms with Gasteiger partial charge in [0.05, 0.1) is 31.9 Å². The summed E-state index contributed by atoms with van der Waals surface area (Å²) in [4.78, 5) is 11.6. The molecule has 0 aliphatic carbocycles. The fourth-order valence-electron chi connectivity index (χ4n) is 2.28. The molecular weight excluding hydrogens is 448 g/mol. The van der Waals surface area contributed by atoms with E-state index in [-0.39, 0.29) is 0 Å². The zero-order valence-electron chi connectivity index (χ0n) is 15.9. The van der Waals surface area contributed by atoms with E-state index >= 15 is 0 Å². The molecule has 0 aliphatic rings. The van der Waals surface area contributed by atoms with Gasteiger partial charge in [0.15, 0.2) is 5.82 Å². The summed E-state index contributed by atoms with van der Waals surface area (Å²) in [5.74, 6) is 0.868. The van der Waals surface area contributed by atoms with Crippen molar-refractivity contribution in [2.75, 3.05) is 19.3 Å². The zero-order chi connectivity index (χ0) is 20.0. The van der Waals surface area contributed by atoms with Crippen LogP contribution in [-0.4, -0.2) is 39.8 Å². The monoisotopic (exact) mass is 470 g/mol. The van der Waals surface area contributed by atoms with Crippen LogP contribution in [0.1, 0.15) is 26.0 Å². The molecule has 1 atom stereocenters. The van der Waals surface area contributed by atoms with Crippen LogP contribution in [0.4, 0.5) is 11.5 Å². The van der Waals surface area contributed by atoms with Crippen LogP contribution >= 0.6 is 27.5 Å². The highest BCUT2D eigenvalue weighted by atomic mass is 79.9. The number of nitrogens with zero attached hydrogens (tertiary/aromatic N) is 4. The Hall–Kier alpha value is -1.44. The topological polar surface area (TPSA) is 57.9 Å². The Morgan fingerprint density at radius 1 is 1.30 bits per heavy atom. The molecular formula is C19H24BrClN4OS. The molecule has 27 heavy (non-hydrogen) atoms. The Kier molecular flexibility index (Phi) is 7.82. The minimum Gasteiger partial charge on any atom is -0.366 e. The van der Waals surface area contributed by atoms with Crippen molar-refractivity contribution in [1.29, 1.82) is 0 Å². The van der Waals surface area contributed by atoms with Crippen molar-refractivity contribution in [2.45, 2.75) is 32.1 Å². The first-order valence-corrected chi connectivity index (χ1v) is 11.6. The molecule has 1 unspecified atom stereocenters. The summed E-state index contributed by atoms with van der Waals surface area (Å²) in [7, 11) is -0.687. The second-order valence-corrected chi connectivity index (χ2v) is 9.74. The Morgan fingerprint density at radius 2 is 1.96 bits per heavy atom. The van der Waals surface area contributed by atoms with Crippen molar-refractivity contribution in [3.05, 3.63) is 45.5 Å². The largest absolute Gasteiger partial charge is 0.366 e. The summed E-state index contributed by atoms with van der Waals surface area (Å²) in [6, 6.07) is 8.86. The summed E-state index contributed by atoms with van der Waals surface area (Å²) in [6.07, 6.45) is 2.51. The molecule has 5 nitrogen and oxygen atoms in total. The van der Waals surface area contributed by atoms with Crippen LogP contribution in [0.3, 0.4) is 0 Å². The molecule has 0 aliphatic heterocycles. The molecule has 146 valence electrons. The van der Waals surface area contributed by atoms with Gasteiger partial charge in [-0.1, -0.05) is 18.5 Å². The van der Waals surface area contributed by atoms with E-state index < -0.39 is 9.73 Å². The average molecular weight is 472 g/mol. The van der Waals surface area contributed by atoms with Crippen molar-refractivity contribution < 1.29 is 4.21 Å². The lowest BCUT2D eigenvalue weighted by Crippen LogP contribution is -2.14. The Balaban J connectivity index is 2.51. The summed E-state index contributed by atoms with van der Waals surface area (Å²) >= 11 is 9.47. The number of aliphatic imine (C=N–C) groups is 1. The van der Waals surface area contributed by atoms with Crippen LogP contribution < -0.4 is 0 Å². The number of aromatic nitrogens is 1. The predicted molar refractivity (Wildman–Crippen MR) is 118 cm³/mol. The standard InChI is InChI=1S/C19H24BrClN4OS/c1-5-11-27(26,16-9-7-15(21)8-10-16)24-19-17(20)12-18(14(3)23-19)22-13-25(4)6-2/h7-10,12-13H,5-6,11H2,1-4H3/b22-13-. The third kappa shape index (κ3) is 5.77. The first-order chi connectivity index (χ1) is 12.8. The van der Waals surface area contributed by atoms with Crippen LogP contribution in [0.2, 0.25) is 5.02 Å². The van der Waals surface area contributed by atoms with Crippen molar-refractivity contribution in [1.82, 2.24) is 9.88 Å². The lowest BCUT2D eigenvalue weighted by molar-refractivity contribution is 0.552. The molecule has 0 saturated carbocycles. The lowest BCUT2D eigenvalue weighted by atomic mass is 10.3. The molecule has 2 rings (SSSR count). The second kappa shape index (κ2) is 9.66. The average Bonchev–Trinajstić information content (AvgIpc) is 2.63. The third-order valence-electron chi connectivity index (χ3n) is 3.91. The number of benzene rings is 1. The normalized spacial score (nSPS) is 13.6. The van der Waals surface area contributed by atoms with Gasteiger partial charge in [-0.15, -0.1) is 0 Å². The van der Waals surface area contributed by atoms with Crippen LogP contribution in [0.5, 0.6) is 0 Å². The van der Waals surface area contributed by atoms with E-state index in [2.05, 4.69) is 37.2 Å². The highest BCUT2D eigenvalue weighted by Gasteiger charge is 2.15. The van der Waals surface area contributed by atoms with Crippen LogP contribution in [-0.2, 0) is 9.73 Å². The number of aryl methyl sites for hydroxylation is 1. The van der Waals surface area contributed by atoms with Gasteiger partial charge in [0.2, 0.25) is 0 Å². The highest BCUT2D eigenvalue weighted by molar-refractivity contribution is 9.10. The van der Waals surface area contributed by atoms with E-state index in [4.69, 9.17) is 11.6 Å². The van der Waals surface area contributed by atoms with E-state index in [1.54, 1.807) is 30.6 Å². The Morgan fingerprint density at radius 3 is 2.56 bits per heavy atom. The molecule has 0 radical (unpaired) electrons. The Bertz CT molecular complexity index is 937. The molecule has 8 heteroatoms. The number of hydrogen-bond donors (Lipinski definition) is 0. The van der Waals surface area contributed by atoms with Crippen LogP contribution in [0, 0.1) is 6.92 Å². The maximum atomic E-state index is 13.6. The van der Waals surface area contributed by atoms with Crippen molar-refractivity contribution >= 4 is 55.1 Å². The van der Waals surface area contributed by atoms with Gasteiger partial charge in [-0.3, -0.25) is 0 Å². The predicted octanol–water partition coefficient (Wildman–Crippen LogP) is 5.99. The molecule has 0 spiro atoms. The third-order valence-corrected chi connectivity index (χ3v) is 7.18. The maximum absolute atomic E-state index is 13.6. The van der Waals surface area contributed by atoms with Gasteiger partial charge in [-0.05, 0) is 66.5 Å². The second-order valence-electron chi connectivity index (χ2n) is 6.11. The van der Waals surface area contributed by atoms with Gasteiger partial charge in [0, 0.05) is 29.3 Å². The molecule has 2 aromatic rings. The molecule has 1 aromatic carbocycles. The van der Waals surface area contributed by atoms with E-state index in [9.17, 15) is 4.21 Å². The van der Waals surface area contributed by atoms with E-state index in [0.29, 0.717) is 26.0 Å². The van der Waals surface area contributed by atoms with Gasteiger partial charge < -0.3 is 4.90 Å². The highest BCUT2D eigenvalue weighted by Crippen LogP contribution is 2.32. The van der Waals surface area contributed by atoms with E-state index in [0.717, 1.165) is 24.3 Å². The summed E-state index contributed by atoms with van der Waals surface area (Å²) in [5.41, 5.74) is 1.47. The maximum Gasteiger partial charge on any atom is 0.176 e. The van der Waals surface area contributed by atoms with Crippen molar-refractivity contribution in [2.24, 2.45) is 9.36 Å². The number of pyridine rings is 1.